The topological polar surface area (TPSA) is 4.93 Å². The zero-order valence-electron chi connectivity index (χ0n) is 33.0. The molecule has 3 aliphatic rings. The van der Waals surface area contributed by atoms with Gasteiger partial charge in [-0.2, -0.15) is 0 Å². The van der Waals surface area contributed by atoms with E-state index in [-0.39, 0.29) is 16.2 Å². The second kappa shape index (κ2) is 11.3. The van der Waals surface area contributed by atoms with Crippen LogP contribution in [0.2, 0.25) is 0 Å². The lowest BCUT2D eigenvalue weighted by molar-refractivity contribution is 0.324. The van der Waals surface area contributed by atoms with Gasteiger partial charge >= 0.3 is 0 Å². The second-order valence-electron chi connectivity index (χ2n) is 18.0. The van der Waals surface area contributed by atoms with Crippen molar-refractivity contribution in [2.24, 2.45) is 5.92 Å². The van der Waals surface area contributed by atoms with Gasteiger partial charge in [-0.1, -0.05) is 150 Å². The number of fused-ring (bicyclic) bond motifs is 13. The molecule has 0 saturated carbocycles. The predicted molar refractivity (Wildman–Crippen MR) is 244 cm³/mol. The van der Waals surface area contributed by atoms with E-state index >= 15 is 0 Å². The summed E-state index contributed by atoms with van der Waals surface area (Å²) in [4.78, 5) is 0. The normalized spacial score (nSPS) is 19.7. The highest BCUT2D eigenvalue weighted by Gasteiger charge is 2.51. The maximum absolute atomic E-state index is 2.51. The van der Waals surface area contributed by atoms with Crippen LogP contribution >= 0.6 is 11.3 Å². The first-order chi connectivity index (χ1) is 27.6. The van der Waals surface area contributed by atoms with Gasteiger partial charge in [0.1, 0.15) is 0 Å². The molecule has 2 unspecified atom stereocenters. The molecule has 12 rings (SSSR count). The summed E-state index contributed by atoms with van der Waals surface area (Å²) in [5, 5.41) is 5.28. The molecule has 0 bridgehead atoms. The Morgan fingerprint density at radius 3 is 1.98 bits per heavy atom. The molecule has 57 heavy (non-hydrogen) atoms. The Morgan fingerprint density at radius 2 is 1.19 bits per heavy atom. The van der Waals surface area contributed by atoms with Crippen molar-refractivity contribution in [1.82, 2.24) is 4.57 Å². The van der Waals surface area contributed by atoms with Gasteiger partial charge in [0.25, 0.3) is 0 Å². The van der Waals surface area contributed by atoms with Crippen LogP contribution in [0.15, 0.2) is 164 Å². The van der Waals surface area contributed by atoms with Crippen molar-refractivity contribution >= 4 is 53.3 Å². The van der Waals surface area contributed by atoms with E-state index in [0.717, 1.165) is 0 Å². The maximum Gasteiger partial charge on any atom is 0.0541 e. The molecule has 9 aromatic rings. The molecule has 2 aromatic heterocycles. The van der Waals surface area contributed by atoms with E-state index in [4.69, 9.17) is 0 Å². The molecule has 0 N–H and O–H groups in total. The molecular weight excluding hydrogens is 707 g/mol. The van der Waals surface area contributed by atoms with Crippen LogP contribution in [0.25, 0.3) is 81.0 Å². The standard InChI is InChI=1S/C55H43NS/c1-53(2)44-25-23-39-38-15-9-10-16-49(38)57-52(39)51(44)40-22-18-36(31-45(40)53)35-20-27-48-42(30-35)41-29-34(33-13-7-6-8-14-33)19-26-47(41)56(48)37-21-24-43-46(32-37)54(3,4)50-17-11-12-28-55(43,50)5/h6-32,50H,1-5H3. The zero-order chi connectivity index (χ0) is 38.4. The minimum atomic E-state index is -0.0999. The van der Waals surface area contributed by atoms with Gasteiger partial charge in [-0.15, -0.1) is 11.3 Å². The molecule has 0 amide bonds. The van der Waals surface area contributed by atoms with Crippen molar-refractivity contribution in [1.29, 1.82) is 0 Å². The summed E-state index contributed by atoms with van der Waals surface area (Å²) < 4.78 is 5.28. The molecule has 3 aliphatic carbocycles. The van der Waals surface area contributed by atoms with Gasteiger partial charge in [-0.05, 0) is 110 Å². The first-order valence-electron chi connectivity index (χ1n) is 20.4. The summed E-state index contributed by atoms with van der Waals surface area (Å²) in [7, 11) is 0. The largest absolute Gasteiger partial charge is 0.309 e. The summed E-state index contributed by atoms with van der Waals surface area (Å²) in [6, 6.07) is 53.1. The number of allylic oxidation sites excluding steroid dienone is 4. The molecule has 0 fully saturated rings. The first-order valence-corrected chi connectivity index (χ1v) is 21.2. The van der Waals surface area contributed by atoms with Crippen LogP contribution in [0.5, 0.6) is 0 Å². The molecule has 0 radical (unpaired) electrons. The summed E-state index contributed by atoms with van der Waals surface area (Å²) in [6.45, 7) is 12.1. The number of benzene rings is 7. The van der Waals surface area contributed by atoms with Crippen LogP contribution in [-0.4, -0.2) is 4.57 Å². The Kier molecular flexibility index (Phi) is 6.60. The van der Waals surface area contributed by atoms with E-state index in [0.29, 0.717) is 5.92 Å². The van der Waals surface area contributed by atoms with E-state index in [9.17, 15) is 0 Å². The quantitative estimate of drug-likeness (QED) is 0.170. The van der Waals surface area contributed by atoms with Crippen molar-refractivity contribution in [2.75, 3.05) is 0 Å². The molecule has 0 saturated heterocycles. The molecule has 2 heteroatoms. The van der Waals surface area contributed by atoms with E-state index in [1.165, 1.54) is 103 Å². The fraction of sp³-hybridized carbons (Fsp3) is 0.164. The van der Waals surface area contributed by atoms with E-state index in [1.54, 1.807) is 0 Å². The van der Waals surface area contributed by atoms with Crippen molar-refractivity contribution < 1.29 is 0 Å². The third-order valence-electron chi connectivity index (χ3n) is 14.2. The van der Waals surface area contributed by atoms with Gasteiger partial charge in [0.2, 0.25) is 0 Å². The van der Waals surface area contributed by atoms with Crippen molar-refractivity contribution in [3.8, 4) is 39.1 Å². The highest BCUT2D eigenvalue weighted by Crippen LogP contribution is 2.57. The van der Waals surface area contributed by atoms with Crippen molar-refractivity contribution in [3.63, 3.8) is 0 Å². The lowest BCUT2D eigenvalue weighted by Crippen LogP contribution is -2.33. The number of rotatable bonds is 3. The Balaban J connectivity index is 1.05. The fourth-order valence-corrected chi connectivity index (χ4v) is 12.6. The van der Waals surface area contributed by atoms with Crippen LogP contribution in [-0.2, 0) is 16.2 Å². The lowest BCUT2D eigenvalue weighted by atomic mass is 9.67. The fourth-order valence-electron chi connectivity index (χ4n) is 11.3. The number of hydrogen-bond donors (Lipinski definition) is 0. The molecule has 1 nitrogen and oxygen atoms in total. The van der Waals surface area contributed by atoms with Gasteiger partial charge in [0.15, 0.2) is 0 Å². The minimum Gasteiger partial charge on any atom is -0.309 e. The average molecular weight is 750 g/mol. The van der Waals surface area contributed by atoms with Gasteiger partial charge in [-0.3, -0.25) is 0 Å². The van der Waals surface area contributed by atoms with Gasteiger partial charge < -0.3 is 4.57 Å². The lowest BCUT2D eigenvalue weighted by Gasteiger charge is -2.36. The van der Waals surface area contributed by atoms with Crippen LogP contribution in [0.4, 0.5) is 0 Å². The van der Waals surface area contributed by atoms with Gasteiger partial charge in [-0.25, -0.2) is 0 Å². The molecule has 2 heterocycles. The van der Waals surface area contributed by atoms with E-state index in [1.807, 2.05) is 11.3 Å². The molecule has 0 spiro atoms. The minimum absolute atomic E-state index is 0.00208. The third kappa shape index (κ3) is 4.40. The maximum atomic E-state index is 2.51. The first kappa shape index (κ1) is 33.2. The zero-order valence-corrected chi connectivity index (χ0v) is 33.8. The Morgan fingerprint density at radius 1 is 0.509 bits per heavy atom. The predicted octanol–water partition coefficient (Wildman–Crippen LogP) is 15.1. The number of thiophene rings is 1. The summed E-state index contributed by atoms with van der Waals surface area (Å²) in [5.74, 6) is 0.426. The molecule has 274 valence electrons. The number of aromatic nitrogens is 1. The van der Waals surface area contributed by atoms with Crippen molar-refractivity contribution in [3.05, 3.63) is 186 Å². The Hall–Kier alpha value is -5.96. The molecule has 0 aliphatic heterocycles. The monoisotopic (exact) mass is 749 g/mol. The van der Waals surface area contributed by atoms with Gasteiger partial charge in [0, 0.05) is 53.0 Å². The molecule has 7 aromatic carbocycles. The highest BCUT2D eigenvalue weighted by atomic mass is 32.1. The summed E-state index contributed by atoms with van der Waals surface area (Å²) in [6.07, 6.45) is 9.31. The van der Waals surface area contributed by atoms with E-state index in [2.05, 4.69) is 203 Å². The Labute approximate surface area is 338 Å². The van der Waals surface area contributed by atoms with Crippen LogP contribution in [0.1, 0.15) is 56.9 Å². The SMILES string of the molecule is CC1(C)c2cc(-c3ccc4c(c3)c3cc(-c5ccccc5)ccc3n4-c3ccc4c(c3)C(C)(C)C3C=CC=CC43C)ccc2-c2c1ccc1c2sc2ccccc21. The summed E-state index contributed by atoms with van der Waals surface area (Å²) in [5.41, 5.74) is 17.1. The number of nitrogens with zero attached hydrogens (tertiary/aromatic N) is 1. The average Bonchev–Trinajstić information content (AvgIpc) is 3.90. The third-order valence-corrected chi connectivity index (χ3v) is 15.4. The molecule has 2 atom stereocenters. The van der Waals surface area contributed by atoms with E-state index < -0.39 is 0 Å². The van der Waals surface area contributed by atoms with Crippen molar-refractivity contribution in [2.45, 2.75) is 50.9 Å². The Bertz CT molecular complexity index is 3250. The second-order valence-corrected chi connectivity index (χ2v) is 19.0. The summed E-state index contributed by atoms with van der Waals surface area (Å²) >= 11 is 1.94. The number of hydrogen-bond acceptors (Lipinski definition) is 1. The van der Waals surface area contributed by atoms with Crippen LogP contribution in [0.3, 0.4) is 0 Å². The highest BCUT2D eigenvalue weighted by molar-refractivity contribution is 7.26. The van der Waals surface area contributed by atoms with Crippen LogP contribution in [0, 0.1) is 5.92 Å². The molecular formula is C55H43NS. The van der Waals surface area contributed by atoms with Gasteiger partial charge in [0.05, 0.1) is 11.0 Å². The smallest absolute Gasteiger partial charge is 0.0541 e. The van der Waals surface area contributed by atoms with Crippen LogP contribution < -0.4 is 0 Å².